The molecule has 0 amide bonds. The van der Waals surface area contributed by atoms with E-state index in [1.54, 1.807) is 0 Å². The van der Waals surface area contributed by atoms with Crippen LogP contribution in [0.5, 0.6) is 0 Å². The van der Waals surface area contributed by atoms with E-state index in [9.17, 15) is 24.6 Å². The molecule has 22 heavy (non-hydrogen) atoms. The average Bonchev–Trinajstić information content (AvgIpc) is 2.36. The molecule has 0 aromatic rings. The topological polar surface area (TPSA) is 141 Å². The number of carbonyl (C=O) groups is 3. The molecule has 0 saturated carbocycles. The number of hydrogen-bond acceptors (Lipinski definition) is 6. The molecule has 128 valence electrons. The van der Waals surface area contributed by atoms with Crippen LogP contribution in [-0.4, -0.2) is 50.2 Å². The zero-order valence-corrected chi connectivity index (χ0v) is 12.7. The highest BCUT2D eigenvalue weighted by Crippen LogP contribution is 2.18. The van der Waals surface area contributed by atoms with Gasteiger partial charge in [0.25, 0.3) is 0 Å². The van der Waals surface area contributed by atoms with Crippen molar-refractivity contribution in [1.29, 1.82) is 0 Å². The highest BCUT2D eigenvalue weighted by atomic mass is 16.6. The summed E-state index contributed by atoms with van der Waals surface area (Å²) in [6.07, 6.45) is 1.33. The van der Waals surface area contributed by atoms with Gasteiger partial charge in [-0.2, -0.15) is 0 Å². The van der Waals surface area contributed by atoms with Gasteiger partial charge in [-0.1, -0.05) is 32.6 Å². The first-order valence-electron chi connectivity index (χ1n) is 7.26. The summed E-state index contributed by atoms with van der Waals surface area (Å²) in [5.74, 6) is -4.55. The molecule has 8 heteroatoms. The van der Waals surface area contributed by atoms with Crippen molar-refractivity contribution in [1.82, 2.24) is 0 Å². The number of carbonyl (C=O) groups excluding carboxylic acids is 1. The summed E-state index contributed by atoms with van der Waals surface area (Å²) in [5, 5.41) is 36.5. The van der Waals surface area contributed by atoms with Gasteiger partial charge in [-0.3, -0.25) is 9.59 Å². The Kier molecular flexibility index (Phi) is 9.35. The van der Waals surface area contributed by atoms with Gasteiger partial charge in [0.1, 0.15) is 0 Å². The summed E-state index contributed by atoms with van der Waals surface area (Å²) in [6, 6.07) is 0. The van der Waals surface area contributed by atoms with Gasteiger partial charge in [0.05, 0.1) is 12.8 Å². The van der Waals surface area contributed by atoms with Crippen molar-refractivity contribution in [3.8, 4) is 0 Å². The second kappa shape index (κ2) is 10.1. The number of unbranched alkanes of at least 4 members (excludes halogenated alkanes) is 4. The zero-order chi connectivity index (χ0) is 17.2. The lowest BCUT2D eigenvalue weighted by Crippen LogP contribution is -2.43. The van der Waals surface area contributed by atoms with E-state index in [-0.39, 0.29) is 6.42 Å². The smallest absolute Gasteiger partial charge is 0.336 e. The van der Waals surface area contributed by atoms with Crippen molar-refractivity contribution in [2.24, 2.45) is 0 Å². The van der Waals surface area contributed by atoms with Crippen LogP contribution >= 0.6 is 0 Å². The molecular formula is C14H24O8. The number of rotatable bonds is 12. The summed E-state index contributed by atoms with van der Waals surface area (Å²) in [4.78, 5) is 32.9. The molecule has 2 unspecified atom stereocenters. The third-order valence-electron chi connectivity index (χ3n) is 3.10. The maximum atomic E-state index is 11.5. The fourth-order valence-corrected chi connectivity index (χ4v) is 1.88. The van der Waals surface area contributed by atoms with Crippen molar-refractivity contribution in [3.63, 3.8) is 0 Å². The number of carboxylic acid groups (broad SMARTS) is 2. The van der Waals surface area contributed by atoms with E-state index in [0.717, 1.165) is 25.7 Å². The minimum Gasteiger partial charge on any atom is -0.481 e. The average molecular weight is 320 g/mol. The maximum absolute atomic E-state index is 11.5. The Labute approximate surface area is 128 Å². The first-order valence-corrected chi connectivity index (χ1v) is 7.26. The second-order valence-electron chi connectivity index (χ2n) is 5.23. The molecule has 0 saturated heterocycles. The van der Waals surface area contributed by atoms with Gasteiger partial charge in [0.15, 0.2) is 5.60 Å². The number of aliphatic hydroxyl groups excluding tert-OH is 1. The molecule has 0 fully saturated rings. The van der Waals surface area contributed by atoms with Gasteiger partial charge in [-0.25, -0.2) is 4.79 Å². The predicted octanol–water partition coefficient (Wildman–Crippen LogP) is 0.889. The quantitative estimate of drug-likeness (QED) is 0.236. The monoisotopic (exact) mass is 320 g/mol. The van der Waals surface area contributed by atoms with E-state index in [1.165, 1.54) is 0 Å². The molecule has 0 heterocycles. The highest BCUT2D eigenvalue weighted by Gasteiger charge is 2.41. The summed E-state index contributed by atoms with van der Waals surface area (Å²) in [5.41, 5.74) is -2.75. The van der Waals surface area contributed by atoms with Gasteiger partial charge >= 0.3 is 17.9 Å². The molecule has 8 nitrogen and oxygen atoms in total. The zero-order valence-electron chi connectivity index (χ0n) is 12.7. The van der Waals surface area contributed by atoms with Gasteiger partial charge in [-0.05, 0) is 6.42 Å². The molecule has 0 bridgehead atoms. The van der Waals surface area contributed by atoms with E-state index in [4.69, 9.17) is 10.2 Å². The Morgan fingerprint density at radius 3 is 2.14 bits per heavy atom. The molecule has 0 aliphatic rings. The van der Waals surface area contributed by atoms with Crippen LogP contribution in [0, 0.1) is 0 Å². The summed E-state index contributed by atoms with van der Waals surface area (Å²) in [6.45, 7) is 2.07. The van der Waals surface area contributed by atoms with E-state index in [0.29, 0.717) is 6.42 Å². The molecule has 0 aliphatic carbocycles. The van der Waals surface area contributed by atoms with E-state index < -0.39 is 42.6 Å². The fraction of sp³-hybridized carbons (Fsp3) is 0.786. The normalized spacial score (nSPS) is 14.9. The van der Waals surface area contributed by atoms with Gasteiger partial charge in [0.2, 0.25) is 6.29 Å². The molecule has 0 aromatic heterocycles. The molecule has 2 atom stereocenters. The highest BCUT2D eigenvalue weighted by molar-refractivity contribution is 5.88. The van der Waals surface area contributed by atoms with Crippen LogP contribution in [0.2, 0.25) is 0 Å². The molecular weight excluding hydrogens is 296 g/mol. The van der Waals surface area contributed by atoms with Gasteiger partial charge in [-0.15, -0.1) is 0 Å². The summed E-state index contributed by atoms with van der Waals surface area (Å²) >= 11 is 0. The maximum Gasteiger partial charge on any atom is 0.336 e. The van der Waals surface area contributed by atoms with Crippen LogP contribution in [0.4, 0.5) is 0 Å². The largest absolute Gasteiger partial charge is 0.481 e. The number of esters is 1. The van der Waals surface area contributed by atoms with E-state index >= 15 is 0 Å². The number of aliphatic hydroxyl groups is 2. The lowest BCUT2D eigenvalue weighted by atomic mass is 9.96. The van der Waals surface area contributed by atoms with Gasteiger partial charge < -0.3 is 25.2 Å². The minimum absolute atomic E-state index is 0.208. The SMILES string of the molecule is CCCCCCCC(O)OC(=O)CC(O)(CC(=O)O)C(=O)O. The molecule has 0 radical (unpaired) electrons. The van der Waals surface area contributed by atoms with Crippen LogP contribution < -0.4 is 0 Å². The van der Waals surface area contributed by atoms with Crippen LogP contribution in [0.3, 0.4) is 0 Å². The summed E-state index contributed by atoms with van der Waals surface area (Å²) < 4.78 is 4.58. The van der Waals surface area contributed by atoms with Crippen LogP contribution in [-0.2, 0) is 19.1 Å². The molecule has 4 N–H and O–H groups in total. The first-order chi connectivity index (χ1) is 10.2. The Balaban J connectivity index is 4.23. The molecule has 0 spiro atoms. The Hall–Kier alpha value is -1.67. The van der Waals surface area contributed by atoms with Crippen LogP contribution in [0.15, 0.2) is 0 Å². The second-order valence-corrected chi connectivity index (χ2v) is 5.23. The number of carboxylic acids is 2. The predicted molar refractivity (Wildman–Crippen MR) is 74.9 cm³/mol. The van der Waals surface area contributed by atoms with E-state index in [2.05, 4.69) is 11.7 Å². The Bertz CT molecular complexity index is 381. The number of ether oxygens (including phenoxy) is 1. The van der Waals surface area contributed by atoms with E-state index in [1.807, 2.05) is 0 Å². The Morgan fingerprint density at radius 2 is 1.64 bits per heavy atom. The molecule has 0 rings (SSSR count). The molecule has 0 aromatic carbocycles. The lowest BCUT2D eigenvalue weighted by molar-refractivity contribution is -0.182. The first kappa shape index (κ1) is 20.3. The number of hydrogen-bond donors (Lipinski definition) is 4. The summed E-state index contributed by atoms with van der Waals surface area (Å²) in [7, 11) is 0. The van der Waals surface area contributed by atoms with Crippen molar-refractivity contribution in [2.75, 3.05) is 0 Å². The van der Waals surface area contributed by atoms with Crippen molar-refractivity contribution < 1.29 is 39.5 Å². The Morgan fingerprint density at radius 1 is 1.05 bits per heavy atom. The molecule has 0 aliphatic heterocycles. The lowest BCUT2D eigenvalue weighted by Gasteiger charge is -2.21. The van der Waals surface area contributed by atoms with Crippen molar-refractivity contribution in [3.05, 3.63) is 0 Å². The fourth-order valence-electron chi connectivity index (χ4n) is 1.88. The van der Waals surface area contributed by atoms with Gasteiger partial charge in [0, 0.05) is 6.42 Å². The van der Waals surface area contributed by atoms with Crippen LogP contribution in [0.1, 0.15) is 58.3 Å². The van der Waals surface area contributed by atoms with Crippen LogP contribution in [0.25, 0.3) is 0 Å². The third kappa shape index (κ3) is 8.58. The number of aliphatic carboxylic acids is 2. The standard InChI is InChI=1S/C14H24O8/c1-2-3-4-5-6-7-11(17)22-12(18)9-14(21,13(19)20)8-10(15)16/h11,17,21H,2-9H2,1H3,(H,15,16)(H,19,20). The minimum atomic E-state index is -2.75. The van der Waals surface area contributed by atoms with Crippen molar-refractivity contribution >= 4 is 17.9 Å². The van der Waals surface area contributed by atoms with Crippen molar-refractivity contribution in [2.45, 2.75) is 70.2 Å². The third-order valence-corrected chi connectivity index (χ3v) is 3.10.